The third-order valence-corrected chi connectivity index (χ3v) is 5.97. The van der Waals surface area contributed by atoms with Gasteiger partial charge in [0.25, 0.3) is 0 Å². The van der Waals surface area contributed by atoms with E-state index in [1.54, 1.807) is 18.5 Å². The van der Waals surface area contributed by atoms with Crippen LogP contribution in [0, 0.1) is 5.92 Å². The van der Waals surface area contributed by atoms with Crippen LogP contribution < -0.4 is 15.8 Å². The van der Waals surface area contributed by atoms with Gasteiger partial charge in [0.05, 0.1) is 5.92 Å². The number of nitrogens with two attached hydrogens (primary N) is 1. The highest BCUT2D eigenvalue weighted by Crippen LogP contribution is 2.19. The fourth-order valence-corrected chi connectivity index (χ4v) is 4.06. The minimum absolute atomic E-state index is 0.0651. The number of pyridine rings is 1. The van der Waals surface area contributed by atoms with Crippen molar-refractivity contribution in [3.63, 3.8) is 0 Å². The van der Waals surface area contributed by atoms with Crippen molar-refractivity contribution >= 4 is 23.6 Å². The minimum atomic E-state index is -0.217. The van der Waals surface area contributed by atoms with E-state index in [0.29, 0.717) is 13.2 Å². The zero-order valence-corrected chi connectivity index (χ0v) is 19.6. The van der Waals surface area contributed by atoms with Crippen LogP contribution in [0.2, 0.25) is 0 Å². The molecule has 1 aromatic heterocycles. The van der Waals surface area contributed by atoms with E-state index in [9.17, 15) is 9.59 Å². The Morgan fingerprint density at radius 1 is 1.09 bits per heavy atom. The van der Waals surface area contributed by atoms with Gasteiger partial charge in [-0.2, -0.15) is 0 Å². The Balaban J connectivity index is 1.23. The van der Waals surface area contributed by atoms with Crippen molar-refractivity contribution < 1.29 is 14.3 Å². The first-order valence-electron chi connectivity index (χ1n) is 11.8. The number of rotatable bonds is 9. The average Bonchev–Trinajstić information content (AvgIpc) is 2.89. The molecule has 1 saturated heterocycles. The highest BCUT2D eigenvalue weighted by atomic mass is 16.5. The van der Waals surface area contributed by atoms with Crippen LogP contribution in [0.4, 0.5) is 5.69 Å². The van der Waals surface area contributed by atoms with E-state index >= 15 is 0 Å². The van der Waals surface area contributed by atoms with Crippen molar-refractivity contribution in [1.29, 1.82) is 0 Å². The van der Waals surface area contributed by atoms with Gasteiger partial charge in [0.15, 0.2) is 0 Å². The number of ether oxygens (including phenoxy) is 1. The molecule has 7 heteroatoms. The van der Waals surface area contributed by atoms with Crippen molar-refractivity contribution in [2.24, 2.45) is 11.7 Å². The monoisotopic (exact) mass is 470 g/mol. The zero-order chi connectivity index (χ0) is 24.5. The van der Waals surface area contributed by atoms with Gasteiger partial charge in [-0.25, -0.2) is 0 Å². The molecule has 7 nitrogen and oxygen atoms in total. The number of hydrogen-bond donors (Lipinski definition) is 2. The van der Waals surface area contributed by atoms with E-state index in [4.69, 9.17) is 10.5 Å². The summed E-state index contributed by atoms with van der Waals surface area (Å²) in [5.74, 6) is 0.274. The van der Waals surface area contributed by atoms with Crippen molar-refractivity contribution in [1.82, 2.24) is 9.88 Å². The lowest BCUT2D eigenvalue weighted by atomic mass is 9.97. The Hall–Kier alpha value is -3.97. The van der Waals surface area contributed by atoms with Gasteiger partial charge >= 0.3 is 0 Å². The van der Waals surface area contributed by atoms with Crippen LogP contribution in [0.15, 0.2) is 79.1 Å². The molecule has 1 atom stereocenters. The molecule has 1 aliphatic rings. The Kier molecular flexibility index (Phi) is 8.25. The summed E-state index contributed by atoms with van der Waals surface area (Å²) in [4.78, 5) is 30.1. The van der Waals surface area contributed by atoms with E-state index in [0.717, 1.165) is 54.1 Å². The highest BCUT2D eigenvalue weighted by Gasteiger charge is 2.23. The van der Waals surface area contributed by atoms with E-state index < -0.39 is 0 Å². The second kappa shape index (κ2) is 11.9. The van der Waals surface area contributed by atoms with Gasteiger partial charge in [0, 0.05) is 42.8 Å². The summed E-state index contributed by atoms with van der Waals surface area (Å²) in [6.07, 6.45) is 8.63. The third kappa shape index (κ3) is 7.52. The van der Waals surface area contributed by atoms with Gasteiger partial charge in [-0.05, 0) is 66.9 Å². The third-order valence-electron chi connectivity index (χ3n) is 5.97. The maximum absolute atomic E-state index is 12.3. The summed E-state index contributed by atoms with van der Waals surface area (Å²) in [6, 6.07) is 19.2. The lowest BCUT2D eigenvalue weighted by Gasteiger charge is -2.31. The highest BCUT2D eigenvalue weighted by molar-refractivity contribution is 6.01. The van der Waals surface area contributed by atoms with Gasteiger partial charge in [0.1, 0.15) is 12.4 Å². The average molecular weight is 471 g/mol. The number of aromatic nitrogens is 1. The van der Waals surface area contributed by atoms with Gasteiger partial charge in [-0.3, -0.25) is 19.5 Å². The maximum atomic E-state index is 12.3. The fourth-order valence-electron chi connectivity index (χ4n) is 4.06. The second-order valence-corrected chi connectivity index (χ2v) is 8.72. The molecule has 0 saturated carbocycles. The number of carbonyl (C=O) groups is 2. The lowest BCUT2D eigenvalue weighted by Crippen LogP contribution is -2.40. The van der Waals surface area contributed by atoms with Crippen LogP contribution >= 0.6 is 0 Å². The number of carbonyl (C=O) groups excluding carboxylic acids is 2. The van der Waals surface area contributed by atoms with Crippen LogP contribution in [-0.2, 0) is 22.7 Å². The Morgan fingerprint density at radius 2 is 1.89 bits per heavy atom. The van der Waals surface area contributed by atoms with Crippen molar-refractivity contribution in [3.05, 3.63) is 95.8 Å². The van der Waals surface area contributed by atoms with E-state index in [1.165, 1.54) is 6.08 Å². The Morgan fingerprint density at radius 3 is 2.60 bits per heavy atom. The first-order chi connectivity index (χ1) is 17.0. The maximum Gasteiger partial charge on any atom is 0.248 e. The molecule has 0 bridgehead atoms. The SMILES string of the molecule is NC(=O)C1CCCN(Cc2ccc(NC(=O)/C=C/c3ccc(OCc4cccnc4)cc3)cc2)C1. The number of piperidine rings is 1. The van der Waals surface area contributed by atoms with Crippen LogP contribution in [-0.4, -0.2) is 34.8 Å². The number of nitrogens with zero attached hydrogens (tertiary/aromatic N) is 2. The predicted molar refractivity (Wildman–Crippen MR) is 136 cm³/mol. The molecule has 3 aromatic rings. The standard InChI is InChI=1S/C28H30N4O3/c29-28(34)24-4-2-16-32(19-24)18-22-5-10-25(11-6-22)31-27(33)14-9-21-7-12-26(13-8-21)35-20-23-3-1-15-30-17-23/h1,3,5-15,17,24H,2,4,16,18-20H2,(H2,29,34)(H,31,33)/b14-9+. The van der Waals surface area contributed by atoms with Gasteiger partial charge in [0.2, 0.25) is 11.8 Å². The lowest BCUT2D eigenvalue weighted by molar-refractivity contribution is -0.123. The normalized spacial score (nSPS) is 16.2. The van der Waals surface area contributed by atoms with E-state index in [2.05, 4.69) is 15.2 Å². The molecule has 4 rings (SSSR count). The summed E-state index contributed by atoms with van der Waals surface area (Å²) in [5, 5.41) is 2.88. The largest absolute Gasteiger partial charge is 0.489 e. The molecule has 1 fully saturated rings. The minimum Gasteiger partial charge on any atom is -0.489 e. The number of likely N-dealkylation sites (tertiary alicyclic amines) is 1. The molecule has 0 spiro atoms. The Labute approximate surface area is 205 Å². The van der Waals surface area contributed by atoms with Crippen LogP contribution in [0.1, 0.15) is 29.5 Å². The van der Waals surface area contributed by atoms with Gasteiger partial charge < -0.3 is 15.8 Å². The number of nitrogens with one attached hydrogen (secondary N) is 1. The molecular weight excluding hydrogens is 440 g/mol. The van der Waals surface area contributed by atoms with Crippen molar-refractivity contribution in [2.45, 2.75) is 26.0 Å². The van der Waals surface area contributed by atoms with Gasteiger partial charge in [-0.1, -0.05) is 30.3 Å². The molecule has 2 aromatic carbocycles. The second-order valence-electron chi connectivity index (χ2n) is 8.72. The van der Waals surface area contributed by atoms with Crippen LogP contribution in [0.5, 0.6) is 5.75 Å². The van der Waals surface area contributed by atoms with Crippen molar-refractivity contribution in [3.8, 4) is 5.75 Å². The summed E-state index contributed by atoms with van der Waals surface area (Å²) in [5.41, 5.74) is 9.24. The molecule has 1 aliphatic heterocycles. The number of primary amides is 1. The topological polar surface area (TPSA) is 97.6 Å². The summed E-state index contributed by atoms with van der Waals surface area (Å²) in [6.45, 7) is 2.89. The number of hydrogen-bond acceptors (Lipinski definition) is 5. The fraction of sp³-hybridized carbons (Fsp3) is 0.250. The molecule has 35 heavy (non-hydrogen) atoms. The summed E-state index contributed by atoms with van der Waals surface area (Å²) in [7, 11) is 0. The van der Waals surface area contributed by atoms with E-state index in [-0.39, 0.29) is 17.7 Å². The molecule has 0 aliphatic carbocycles. The zero-order valence-electron chi connectivity index (χ0n) is 19.6. The molecule has 180 valence electrons. The number of anilines is 1. The molecular formula is C28H30N4O3. The summed E-state index contributed by atoms with van der Waals surface area (Å²) >= 11 is 0. The predicted octanol–water partition coefficient (Wildman–Crippen LogP) is 4.01. The smallest absolute Gasteiger partial charge is 0.248 e. The van der Waals surface area contributed by atoms with Crippen molar-refractivity contribution in [2.75, 3.05) is 18.4 Å². The van der Waals surface area contributed by atoms with E-state index in [1.807, 2.05) is 60.7 Å². The first-order valence-corrected chi connectivity index (χ1v) is 11.8. The Bertz CT molecular complexity index is 1150. The summed E-state index contributed by atoms with van der Waals surface area (Å²) < 4.78 is 5.76. The number of benzene rings is 2. The first kappa shape index (κ1) is 24.2. The molecule has 1 unspecified atom stereocenters. The van der Waals surface area contributed by atoms with Gasteiger partial charge in [-0.15, -0.1) is 0 Å². The number of amides is 2. The van der Waals surface area contributed by atoms with Crippen LogP contribution in [0.25, 0.3) is 6.08 Å². The molecule has 0 radical (unpaired) electrons. The molecule has 2 amide bonds. The quantitative estimate of drug-likeness (QED) is 0.461. The van der Waals surface area contributed by atoms with Crippen LogP contribution in [0.3, 0.4) is 0 Å². The molecule has 2 heterocycles. The molecule has 3 N–H and O–H groups in total.